The van der Waals surface area contributed by atoms with E-state index in [-0.39, 0.29) is 12.5 Å². The number of aromatic nitrogens is 1. The molecular formula is C23H23N3O3. The fourth-order valence-electron chi connectivity index (χ4n) is 3.79. The van der Waals surface area contributed by atoms with Gasteiger partial charge in [0.05, 0.1) is 5.56 Å². The second kappa shape index (κ2) is 8.31. The Hall–Kier alpha value is -3.41. The molecule has 0 saturated carbocycles. The molecule has 1 saturated heterocycles. The van der Waals surface area contributed by atoms with Gasteiger partial charge in [-0.1, -0.05) is 36.4 Å². The maximum absolute atomic E-state index is 12.9. The van der Waals surface area contributed by atoms with Crippen molar-refractivity contribution in [2.45, 2.75) is 25.8 Å². The lowest BCUT2D eigenvalue weighted by Crippen LogP contribution is -2.40. The van der Waals surface area contributed by atoms with Crippen LogP contribution in [0.4, 0.5) is 5.69 Å². The van der Waals surface area contributed by atoms with Crippen LogP contribution in [0.25, 0.3) is 10.9 Å². The Bertz CT molecular complexity index is 1050. The molecular weight excluding hydrogens is 366 g/mol. The third-order valence-electron chi connectivity index (χ3n) is 5.24. The summed E-state index contributed by atoms with van der Waals surface area (Å²) in [5, 5.41) is 3.54. The number of benzene rings is 2. The molecule has 2 heterocycles. The van der Waals surface area contributed by atoms with E-state index in [1.165, 1.54) is 0 Å². The van der Waals surface area contributed by atoms with Crippen LogP contribution in [-0.4, -0.2) is 40.2 Å². The third-order valence-corrected chi connectivity index (χ3v) is 5.24. The van der Waals surface area contributed by atoms with Gasteiger partial charge in [0.2, 0.25) is 5.91 Å². The lowest BCUT2D eigenvalue weighted by molar-refractivity contribution is -0.127. The van der Waals surface area contributed by atoms with Crippen LogP contribution < -0.4 is 5.32 Å². The van der Waals surface area contributed by atoms with Crippen molar-refractivity contribution in [2.75, 3.05) is 18.4 Å². The molecule has 0 atom stereocenters. The summed E-state index contributed by atoms with van der Waals surface area (Å²) in [5.74, 6) is -1.16. The number of amides is 2. The number of carbonyl (C=O) groups excluding carboxylic acids is 3. The van der Waals surface area contributed by atoms with Crippen LogP contribution >= 0.6 is 0 Å². The van der Waals surface area contributed by atoms with Crippen molar-refractivity contribution in [3.8, 4) is 0 Å². The van der Waals surface area contributed by atoms with Crippen LogP contribution in [0, 0.1) is 0 Å². The number of nitrogens with one attached hydrogen (secondary N) is 1. The van der Waals surface area contributed by atoms with Crippen molar-refractivity contribution in [2.24, 2.45) is 0 Å². The van der Waals surface area contributed by atoms with Crippen LogP contribution in [0.3, 0.4) is 0 Å². The molecule has 1 aliphatic rings. The van der Waals surface area contributed by atoms with Crippen molar-refractivity contribution in [3.05, 3.63) is 66.4 Å². The lowest BCUT2D eigenvalue weighted by Gasteiger charge is -2.25. The molecule has 2 amide bonds. The second-order valence-corrected chi connectivity index (χ2v) is 7.28. The summed E-state index contributed by atoms with van der Waals surface area (Å²) in [6.07, 6.45) is 4.58. The molecule has 2 aromatic carbocycles. The van der Waals surface area contributed by atoms with Gasteiger partial charge in [0.25, 0.3) is 11.7 Å². The van der Waals surface area contributed by atoms with Crippen LogP contribution in [0.2, 0.25) is 0 Å². The average Bonchev–Trinajstić information content (AvgIpc) is 3.12. The van der Waals surface area contributed by atoms with Crippen LogP contribution in [-0.2, 0) is 16.1 Å². The molecule has 4 rings (SSSR count). The Balaban J connectivity index is 1.58. The van der Waals surface area contributed by atoms with E-state index in [2.05, 4.69) is 5.32 Å². The van der Waals surface area contributed by atoms with E-state index in [9.17, 15) is 14.4 Å². The number of rotatable bonds is 5. The average molecular weight is 389 g/mol. The number of carbonyl (C=O) groups is 3. The molecule has 0 bridgehead atoms. The summed E-state index contributed by atoms with van der Waals surface area (Å²) in [5.41, 5.74) is 1.82. The van der Waals surface area contributed by atoms with E-state index in [0.29, 0.717) is 29.7 Å². The first kappa shape index (κ1) is 18.9. The zero-order valence-electron chi connectivity index (χ0n) is 16.1. The van der Waals surface area contributed by atoms with Crippen molar-refractivity contribution in [1.29, 1.82) is 0 Å². The quantitative estimate of drug-likeness (QED) is 0.536. The Morgan fingerprint density at radius 3 is 2.31 bits per heavy atom. The number of piperidine rings is 1. The van der Waals surface area contributed by atoms with E-state index >= 15 is 0 Å². The van der Waals surface area contributed by atoms with E-state index in [0.717, 1.165) is 24.8 Å². The highest BCUT2D eigenvalue weighted by atomic mass is 16.2. The molecule has 3 aromatic rings. The van der Waals surface area contributed by atoms with Gasteiger partial charge in [-0.05, 0) is 37.5 Å². The van der Waals surface area contributed by atoms with Gasteiger partial charge in [0, 0.05) is 35.9 Å². The van der Waals surface area contributed by atoms with Crippen LogP contribution in [0.15, 0.2) is 60.8 Å². The number of para-hydroxylation sites is 2. The van der Waals surface area contributed by atoms with Crippen molar-refractivity contribution in [3.63, 3.8) is 0 Å². The number of likely N-dealkylation sites (tertiary alicyclic amines) is 1. The summed E-state index contributed by atoms with van der Waals surface area (Å²) < 4.78 is 1.73. The Morgan fingerprint density at radius 2 is 1.55 bits per heavy atom. The SMILES string of the molecule is O=C(Cn1cc(C(=O)C(=O)N2CCCCC2)c2ccccc21)Nc1ccccc1. The predicted octanol–water partition coefficient (Wildman–Crippen LogP) is 3.48. The molecule has 1 aliphatic heterocycles. The van der Waals surface area contributed by atoms with Crippen LogP contribution in [0.5, 0.6) is 0 Å². The molecule has 0 aliphatic carbocycles. The van der Waals surface area contributed by atoms with Gasteiger partial charge in [0.1, 0.15) is 6.54 Å². The van der Waals surface area contributed by atoms with Gasteiger partial charge in [0.15, 0.2) is 0 Å². The van der Waals surface area contributed by atoms with Gasteiger partial charge in [-0.15, -0.1) is 0 Å². The largest absolute Gasteiger partial charge is 0.337 e. The van der Waals surface area contributed by atoms with Gasteiger partial charge in [-0.25, -0.2) is 0 Å². The number of ketones is 1. The zero-order valence-corrected chi connectivity index (χ0v) is 16.1. The summed E-state index contributed by atoms with van der Waals surface area (Å²) >= 11 is 0. The van der Waals surface area contributed by atoms with E-state index in [4.69, 9.17) is 0 Å². The lowest BCUT2D eigenvalue weighted by atomic mass is 10.1. The van der Waals surface area contributed by atoms with Crippen molar-refractivity contribution >= 4 is 34.2 Å². The maximum atomic E-state index is 12.9. The molecule has 0 radical (unpaired) electrons. The van der Waals surface area contributed by atoms with Gasteiger partial charge < -0.3 is 14.8 Å². The van der Waals surface area contributed by atoms with Crippen LogP contribution in [0.1, 0.15) is 29.6 Å². The molecule has 1 fully saturated rings. The highest BCUT2D eigenvalue weighted by Gasteiger charge is 2.27. The molecule has 0 unspecified atom stereocenters. The third kappa shape index (κ3) is 4.06. The highest BCUT2D eigenvalue weighted by molar-refractivity contribution is 6.44. The van der Waals surface area contributed by atoms with Gasteiger partial charge in [-0.2, -0.15) is 0 Å². The Morgan fingerprint density at radius 1 is 0.862 bits per heavy atom. The zero-order chi connectivity index (χ0) is 20.2. The first-order valence-electron chi connectivity index (χ1n) is 9.90. The monoisotopic (exact) mass is 389 g/mol. The number of nitrogens with zero attached hydrogens (tertiary/aromatic N) is 2. The molecule has 148 valence electrons. The minimum atomic E-state index is -0.509. The molecule has 6 heteroatoms. The van der Waals surface area contributed by atoms with Gasteiger partial charge >= 0.3 is 0 Å². The Kier molecular flexibility index (Phi) is 5.42. The summed E-state index contributed by atoms with van der Waals surface area (Å²) in [6.45, 7) is 1.31. The second-order valence-electron chi connectivity index (χ2n) is 7.28. The summed E-state index contributed by atoms with van der Waals surface area (Å²) in [4.78, 5) is 39.8. The first-order valence-corrected chi connectivity index (χ1v) is 9.90. The van der Waals surface area contributed by atoms with Crippen molar-refractivity contribution < 1.29 is 14.4 Å². The summed E-state index contributed by atoms with van der Waals surface area (Å²) in [7, 11) is 0. The maximum Gasteiger partial charge on any atom is 0.295 e. The molecule has 1 N–H and O–H groups in total. The fourth-order valence-corrected chi connectivity index (χ4v) is 3.79. The highest BCUT2D eigenvalue weighted by Crippen LogP contribution is 2.23. The number of hydrogen-bond donors (Lipinski definition) is 1. The predicted molar refractivity (Wildman–Crippen MR) is 112 cm³/mol. The van der Waals surface area contributed by atoms with E-state index < -0.39 is 11.7 Å². The van der Waals surface area contributed by atoms with Gasteiger partial charge in [-0.3, -0.25) is 14.4 Å². The molecule has 1 aromatic heterocycles. The van der Waals surface area contributed by atoms with E-state index in [1.807, 2.05) is 54.6 Å². The number of Topliss-reactive ketones (excluding diaryl/α,β-unsaturated/α-hetero) is 1. The molecule has 29 heavy (non-hydrogen) atoms. The smallest absolute Gasteiger partial charge is 0.295 e. The first-order chi connectivity index (χ1) is 14.1. The minimum absolute atomic E-state index is 0.0561. The number of hydrogen-bond acceptors (Lipinski definition) is 3. The minimum Gasteiger partial charge on any atom is -0.337 e. The topological polar surface area (TPSA) is 71.4 Å². The molecule has 6 nitrogen and oxygen atoms in total. The number of fused-ring (bicyclic) bond motifs is 1. The fraction of sp³-hybridized carbons (Fsp3) is 0.261. The molecule has 0 spiro atoms. The Labute approximate surface area is 169 Å². The number of anilines is 1. The normalized spacial score (nSPS) is 14.0. The standard InChI is InChI=1S/C23H23N3O3/c27-21(24-17-9-3-1-4-10-17)16-26-15-19(18-11-5-6-12-20(18)26)22(28)23(29)25-13-7-2-8-14-25/h1,3-6,9-12,15H,2,7-8,13-14,16H2,(H,24,27). The van der Waals surface area contributed by atoms with E-state index in [1.54, 1.807) is 15.7 Å². The van der Waals surface area contributed by atoms with Crippen molar-refractivity contribution in [1.82, 2.24) is 9.47 Å². The summed E-state index contributed by atoms with van der Waals surface area (Å²) in [6, 6.07) is 16.6.